The number of para-hydroxylation sites is 1. The summed E-state index contributed by atoms with van der Waals surface area (Å²) in [4.78, 5) is 0. The van der Waals surface area contributed by atoms with Crippen LogP contribution in [0.1, 0.15) is 11.1 Å². The van der Waals surface area contributed by atoms with Gasteiger partial charge in [0.2, 0.25) is 0 Å². The van der Waals surface area contributed by atoms with Gasteiger partial charge in [-0.25, -0.2) is 0 Å². The van der Waals surface area contributed by atoms with Gasteiger partial charge in [-0.3, -0.25) is 0 Å². The number of aromatic hydroxyl groups is 1. The molecular weight excluding hydrogens is 266 g/mol. The highest BCUT2D eigenvalue weighted by Gasteiger charge is 2.05. The molecule has 0 aliphatic heterocycles. The summed E-state index contributed by atoms with van der Waals surface area (Å²) in [5.41, 5.74) is 3.09. The fraction of sp³-hybridized carbons (Fsp3) is 0.294. The molecule has 2 N–H and O–H groups in total. The number of hydrogen-bond acceptors (Lipinski definition) is 4. The third kappa shape index (κ3) is 4.13. The van der Waals surface area contributed by atoms with E-state index >= 15 is 0 Å². The predicted octanol–water partition coefficient (Wildman–Crippen LogP) is 3.20. The Hall–Kier alpha value is -2.20. The van der Waals surface area contributed by atoms with Crippen LogP contribution in [-0.2, 0) is 17.7 Å². The first-order valence-corrected chi connectivity index (χ1v) is 6.91. The number of hydrogen-bond donors (Lipinski definition) is 2. The van der Waals surface area contributed by atoms with E-state index in [2.05, 4.69) is 11.4 Å². The first kappa shape index (κ1) is 15.2. The molecule has 0 amide bonds. The third-order valence-corrected chi connectivity index (χ3v) is 3.35. The van der Waals surface area contributed by atoms with Crippen molar-refractivity contribution in [2.24, 2.45) is 0 Å². The first-order chi connectivity index (χ1) is 10.2. The molecule has 0 aliphatic carbocycles. The van der Waals surface area contributed by atoms with Crippen molar-refractivity contribution in [2.45, 2.75) is 13.0 Å². The number of methoxy groups -OCH3 is 2. The largest absolute Gasteiger partial charge is 0.507 e. The predicted molar refractivity (Wildman–Crippen MR) is 84.0 cm³/mol. The quantitative estimate of drug-likeness (QED) is 0.821. The Kier molecular flexibility index (Phi) is 5.46. The van der Waals surface area contributed by atoms with E-state index in [9.17, 15) is 5.11 Å². The van der Waals surface area contributed by atoms with Crippen LogP contribution in [0.25, 0.3) is 0 Å². The van der Waals surface area contributed by atoms with Crippen LogP contribution >= 0.6 is 0 Å². The van der Waals surface area contributed by atoms with Gasteiger partial charge >= 0.3 is 0 Å². The van der Waals surface area contributed by atoms with E-state index in [1.54, 1.807) is 20.3 Å². The average molecular weight is 287 g/mol. The van der Waals surface area contributed by atoms with Gasteiger partial charge in [0.25, 0.3) is 0 Å². The molecule has 2 aromatic rings. The molecule has 0 unspecified atom stereocenters. The van der Waals surface area contributed by atoms with Gasteiger partial charge in [-0.15, -0.1) is 0 Å². The van der Waals surface area contributed by atoms with Crippen LogP contribution in [0.4, 0.5) is 5.69 Å². The zero-order valence-corrected chi connectivity index (χ0v) is 12.4. The van der Waals surface area contributed by atoms with Crippen LogP contribution in [0.3, 0.4) is 0 Å². The molecule has 0 saturated heterocycles. The van der Waals surface area contributed by atoms with Crippen molar-refractivity contribution in [3.63, 3.8) is 0 Å². The van der Waals surface area contributed by atoms with Gasteiger partial charge in [-0.2, -0.15) is 0 Å². The summed E-state index contributed by atoms with van der Waals surface area (Å²) in [6.45, 7) is 1.24. The molecule has 0 aromatic heterocycles. The number of ether oxygens (including phenoxy) is 2. The molecular formula is C17H21NO3. The smallest absolute Gasteiger partial charge is 0.124 e. The maximum Gasteiger partial charge on any atom is 0.124 e. The topological polar surface area (TPSA) is 50.7 Å². The molecule has 2 aromatic carbocycles. The monoisotopic (exact) mass is 287 g/mol. The average Bonchev–Trinajstić information content (AvgIpc) is 2.52. The van der Waals surface area contributed by atoms with Crippen LogP contribution in [-0.4, -0.2) is 25.9 Å². The highest BCUT2D eigenvalue weighted by Crippen LogP contribution is 2.25. The lowest BCUT2D eigenvalue weighted by Crippen LogP contribution is -2.04. The van der Waals surface area contributed by atoms with E-state index in [1.807, 2.05) is 30.3 Å². The molecule has 0 aliphatic rings. The number of rotatable bonds is 7. The van der Waals surface area contributed by atoms with E-state index in [0.29, 0.717) is 18.9 Å². The van der Waals surface area contributed by atoms with Crippen molar-refractivity contribution < 1.29 is 14.6 Å². The third-order valence-electron chi connectivity index (χ3n) is 3.35. The van der Waals surface area contributed by atoms with Crippen molar-refractivity contribution >= 4 is 5.69 Å². The van der Waals surface area contributed by atoms with Gasteiger partial charge < -0.3 is 19.9 Å². The number of phenolic OH excluding ortho intramolecular Hbond substituents is 1. The van der Waals surface area contributed by atoms with Crippen LogP contribution in [0.15, 0.2) is 42.5 Å². The summed E-state index contributed by atoms with van der Waals surface area (Å²) in [6, 6.07) is 13.4. The van der Waals surface area contributed by atoms with Crippen molar-refractivity contribution in [2.75, 3.05) is 26.1 Å². The number of anilines is 1. The molecule has 0 radical (unpaired) electrons. The Morgan fingerprint density at radius 3 is 2.57 bits per heavy atom. The zero-order chi connectivity index (χ0) is 15.1. The van der Waals surface area contributed by atoms with Crippen LogP contribution in [0.2, 0.25) is 0 Å². The molecule has 112 valence electrons. The van der Waals surface area contributed by atoms with Crippen LogP contribution in [0, 0.1) is 0 Å². The first-order valence-electron chi connectivity index (χ1n) is 6.91. The van der Waals surface area contributed by atoms with E-state index in [1.165, 1.54) is 5.56 Å². The van der Waals surface area contributed by atoms with Gasteiger partial charge in [-0.1, -0.05) is 18.2 Å². The summed E-state index contributed by atoms with van der Waals surface area (Å²) < 4.78 is 10.2. The molecule has 0 spiro atoms. The van der Waals surface area contributed by atoms with Crippen molar-refractivity contribution in [1.82, 2.24) is 0 Å². The second-order valence-electron chi connectivity index (χ2n) is 4.75. The fourth-order valence-corrected chi connectivity index (χ4v) is 2.13. The molecule has 21 heavy (non-hydrogen) atoms. The lowest BCUT2D eigenvalue weighted by atomic mass is 10.1. The van der Waals surface area contributed by atoms with E-state index < -0.39 is 0 Å². The maximum absolute atomic E-state index is 9.97. The van der Waals surface area contributed by atoms with E-state index in [0.717, 1.165) is 17.7 Å². The van der Waals surface area contributed by atoms with Crippen LogP contribution in [0.5, 0.6) is 11.5 Å². The van der Waals surface area contributed by atoms with Crippen LogP contribution < -0.4 is 10.1 Å². The Morgan fingerprint density at radius 1 is 1.05 bits per heavy atom. The summed E-state index contributed by atoms with van der Waals surface area (Å²) in [5, 5.41) is 13.3. The lowest BCUT2D eigenvalue weighted by molar-refractivity contribution is 0.202. The molecule has 4 nitrogen and oxygen atoms in total. The van der Waals surface area contributed by atoms with Gasteiger partial charge in [-0.05, 0) is 30.2 Å². The number of phenols is 1. The summed E-state index contributed by atoms with van der Waals surface area (Å²) >= 11 is 0. The van der Waals surface area contributed by atoms with Gasteiger partial charge in [0.1, 0.15) is 11.5 Å². The zero-order valence-electron chi connectivity index (χ0n) is 12.4. The number of nitrogens with one attached hydrogen (secondary N) is 1. The maximum atomic E-state index is 9.97. The molecule has 0 bridgehead atoms. The van der Waals surface area contributed by atoms with Crippen molar-refractivity contribution in [1.29, 1.82) is 0 Å². The molecule has 0 fully saturated rings. The summed E-state index contributed by atoms with van der Waals surface area (Å²) in [5.74, 6) is 0.882. The highest BCUT2D eigenvalue weighted by atomic mass is 16.5. The second kappa shape index (κ2) is 7.55. The standard InChI is InChI=1S/C17H21NO3/c1-20-10-9-13-5-3-4-6-16(13)18-12-14-7-8-15(21-2)11-17(14)19/h3-8,11,18-19H,9-10,12H2,1-2H3. The lowest BCUT2D eigenvalue weighted by Gasteiger charge is -2.13. The minimum Gasteiger partial charge on any atom is -0.507 e. The molecule has 0 atom stereocenters. The Bertz CT molecular complexity index is 584. The normalized spacial score (nSPS) is 10.4. The molecule has 0 heterocycles. The van der Waals surface area contributed by atoms with E-state index in [4.69, 9.17) is 9.47 Å². The Labute approximate surface area is 125 Å². The molecule has 0 saturated carbocycles. The highest BCUT2D eigenvalue weighted by molar-refractivity contribution is 5.52. The minimum atomic E-state index is 0.233. The molecule has 4 heteroatoms. The van der Waals surface area contributed by atoms with E-state index in [-0.39, 0.29) is 5.75 Å². The minimum absolute atomic E-state index is 0.233. The van der Waals surface area contributed by atoms with Gasteiger partial charge in [0.05, 0.1) is 13.7 Å². The summed E-state index contributed by atoms with van der Waals surface area (Å²) in [7, 11) is 3.28. The SMILES string of the molecule is COCCc1ccccc1NCc1ccc(OC)cc1O. The summed E-state index contributed by atoms with van der Waals surface area (Å²) in [6.07, 6.45) is 0.855. The number of benzene rings is 2. The Morgan fingerprint density at radius 2 is 1.86 bits per heavy atom. The molecule has 2 rings (SSSR count). The van der Waals surface area contributed by atoms with Gasteiger partial charge in [0.15, 0.2) is 0 Å². The van der Waals surface area contributed by atoms with Crippen molar-refractivity contribution in [3.05, 3.63) is 53.6 Å². The van der Waals surface area contributed by atoms with Crippen molar-refractivity contribution in [3.8, 4) is 11.5 Å². The second-order valence-corrected chi connectivity index (χ2v) is 4.75. The fourth-order valence-electron chi connectivity index (χ4n) is 2.13. The Balaban J connectivity index is 2.06. The van der Waals surface area contributed by atoms with Gasteiger partial charge in [0, 0.05) is 31.0 Å².